The number of hydrogen-bond acceptors (Lipinski definition) is 1. The van der Waals surface area contributed by atoms with Gasteiger partial charge in [-0.05, 0) is 12.8 Å². The van der Waals surface area contributed by atoms with Crippen molar-refractivity contribution in [2.75, 3.05) is 0 Å². The fourth-order valence-electron chi connectivity index (χ4n) is 0.402. The molecule has 0 saturated heterocycles. The molecular weight excluding hydrogens is 110 g/mol. The van der Waals surface area contributed by atoms with Gasteiger partial charge in [0.25, 0.3) is 5.24 Å². The van der Waals surface area contributed by atoms with Gasteiger partial charge in [-0.3, -0.25) is 4.79 Å². The third-order valence-electron chi connectivity index (χ3n) is 0.905. The molecule has 0 unspecified atom stereocenters. The molecule has 0 radical (unpaired) electrons. The van der Waals surface area contributed by atoms with Gasteiger partial charge in [0, 0.05) is 6.04 Å². The molecule has 1 fully saturated rings. The van der Waals surface area contributed by atoms with Crippen LogP contribution < -0.4 is 5.32 Å². The summed E-state index contributed by atoms with van der Waals surface area (Å²) in [4.78, 5) is 10.0. The van der Waals surface area contributed by atoms with Crippen LogP contribution in [0.5, 0.6) is 0 Å². The molecule has 0 aliphatic heterocycles. The molecule has 0 aromatic carbocycles. The predicted molar refractivity (Wildman–Crippen MR) is 30.5 cm³/mol. The van der Waals surface area contributed by atoms with Crippen LogP contribution in [0.25, 0.3) is 0 Å². The summed E-state index contributed by atoms with van der Waals surface area (Å²) >= 11 is 3.53. The van der Waals surface area contributed by atoms with E-state index in [0.717, 1.165) is 12.8 Å². The van der Waals surface area contributed by atoms with Crippen molar-refractivity contribution in [3.8, 4) is 0 Å². The molecule has 1 aliphatic rings. The van der Waals surface area contributed by atoms with Crippen molar-refractivity contribution in [3.63, 3.8) is 0 Å². The summed E-state index contributed by atoms with van der Waals surface area (Å²) in [7, 11) is 0. The Balaban J connectivity index is 2.08. The minimum Gasteiger partial charge on any atom is -0.344 e. The van der Waals surface area contributed by atoms with E-state index in [1.165, 1.54) is 0 Å². The van der Waals surface area contributed by atoms with Crippen molar-refractivity contribution in [1.29, 1.82) is 0 Å². The second-order valence-corrected chi connectivity index (χ2v) is 2.13. The zero-order chi connectivity index (χ0) is 5.28. The van der Waals surface area contributed by atoms with Gasteiger partial charge in [-0.15, -0.1) is 0 Å². The Hall–Kier alpha value is -0.180. The second-order valence-electron chi connectivity index (χ2n) is 1.72. The van der Waals surface area contributed by atoms with Gasteiger partial charge in [0.1, 0.15) is 0 Å². The zero-order valence-corrected chi connectivity index (χ0v) is 4.74. The Bertz CT molecular complexity index is 89.7. The van der Waals surface area contributed by atoms with Crippen molar-refractivity contribution in [2.45, 2.75) is 18.9 Å². The Kier molecular flexibility index (Phi) is 1.23. The normalized spacial score (nSPS) is 19.0. The van der Waals surface area contributed by atoms with E-state index in [1.54, 1.807) is 0 Å². The van der Waals surface area contributed by atoms with E-state index in [4.69, 9.17) is 0 Å². The van der Waals surface area contributed by atoms with Crippen LogP contribution in [0.3, 0.4) is 0 Å². The van der Waals surface area contributed by atoms with E-state index in [-0.39, 0.29) is 5.24 Å². The van der Waals surface area contributed by atoms with Crippen LogP contribution in [0.2, 0.25) is 0 Å². The average molecular weight is 117 g/mol. The number of carbonyl (C=O) groups excluding carboxylic acids is 1. The first kappa shape index (κ1) is 4.97. The lowest BCUT2D eigenvalue weighted by Gasteiger charge is -1.90. The van der Waals surface area contributed by atoms with Crippen LogP contribution in [0.15, 0.2) is 0 Å². The van der Waals surface area contributed by atoms with Crippen LogP contribution >= 0.6 is 12.6 Å². The lowest BCUT2D eigenvalue weighted by atomic mass is 10.7. The number of rotatable bonds is 1. The van der Waals surface area contributed by atoms with Gasteiger partial charge >= 0.3 is 0 Å². The second kappa shape index (κ2) is 1.74. The van der Waals surface area contributed by atoms with E-state index >= 15 is 0 Å². The fourth-order valence-corrected chi connectivity index (χ4v) is 0.585. The molecule has 1 N–H and O–H groups in total. The van der Waals surface area contributed by atoms with Gasteiger partial charge in [-0.25, -0.2) is 0 Å². The monoisotopic (exact) mass is 117 g/mol. The van der Waals surface area contributed by atoms with Gasteiger partial charge in [-0.1, -0.05) is 12.6 Å². The fraction of sp³-hybridized carbons (Fsp3) is 0.750. The van der Waals surface area contributed by atoms with Crippen LogP contribution in [-0.2, 0) is 0 Å². The first-order chi connectivity index (χ1) is 3.29. The molecule has 1 saturated carbocycles. The smallest absolute Gasteiger partial charge is 0.276 e. The largest absolute Gasteiger partial charge is 0.344 e. The van der Waals surface area contributed by atoms with Crippen molar-refractivity contribution in [3.05, 3.63) is 0 Å². The molecule has 3 heteroatoms. The highest BCUT2D eigenvalue weighted by molar-refractivity contribution is 7.96. The number of nitrogens with one attached hydrogen (secondary N) is 1. The molecule has 0 bridgehead atoms. The molecule has 40 valence electrons. The Labute approximate surface area is 47.7 Å². The highest BCUT2D eigenvalue weighted by Gasteiger charge is 2.21. The van der Waals surface area contributed by atoms with Crippen LogP contribution in [-0.4, -0.2) is 11.3 Å². The van der Waals surface area contributed by atoms with Gasteiger partial charge in [-0.2, -0.15) is 0 Å². The average Bonchev–Trinajstić information content (AvgIpc) is 2.17. The minimum absolute atomic E-state index is 0.206. The Morgan fingerprint density at radius 2 is 2.29 bits per heavy atom. The summed E-state index contributed by atoms with van der Waals surface area (Å²) in [5.74, 6) is 0. The zero-order valence-electron chi connectivity index (χ0n) is 3.85. The lowest BCUT2D eigenvalue weighted by molar-refractivity contribution is 0.260. The van der Waals surface area contributed by atoms with Crippen molar-refractivity contribution in [2.24, 2.45) is 0 Å². The molecule has 1 aliphatic carbocycles. The third-order valence-corrected chi connectivity index (χ3v) is 1.03. The van der Waals surface area contributed by atoms with Gasteiger partial charge in [0.05, 0.1) is 0 Å². The number of carbonyl (C=O) groups is 1. The molecule has 2 nitrogen and oxygen atoms in total. The van der Waals surface area contributed by atoms with E-state index in [1.807, 2.05) is 0 Å². The molecule has 1 amide bonds. The molecule has 0 spiro atoms. The molecule has 7 heavy (non-hydrogen) atoms. The van der Waals surface area contributed by atoms with Crippen LogP contribution in [0.1, 0.15) is 12.8 Å². The van der Waals surface area contributed by atoms with Crippen LogP contribution in [0.4, 0.5) is 4.79 Å². The van der Waals surface area contributed by atoms with Gasteiger partial charge in [0.2, 0.25) is 0 Å². The Morgan fingerprint density at radius 1 is 1.71 bits per heavy atom. The van der Waals surface area contributed by atoms with Crippen molar-refractivity contribution < 1.29 is 4.79 Å². The summed E-state index contributed by atoms with van der Waals surface area (Å²) in [6.45, 7) is 0. The SMILES string of the molecule is O=C(S)NC1CC1. The molecule has 0 atom stereocenters. The van der Waals surface area contributed by atoms with E-state index in [0.29, 0.717) is 6.04 Å². The molecule has 0 aromatic heterocycles. The number of hydrogen-bond donors (Lipinski definition) is 2. The standard InChI is InChI=1S/C4H7NOS/c6-4(7)5-3-1-2-3/h3H,1-2H2,(H2,5,6,7). The van der Waals surface area contributed by atoms with Crippen molar-refractivity contribution in [1.82, 2.24) is 5.32 Å². The van der Waals surface area contributed by atoms with E-state index in [2.05, 4.69) is 17.9 Å². The highest BCUT2D eigenvalue weighted by Crippen LogP contribution is 2.18. The summed E-state index contributed by atoms with van der Waals surface area (Å²) in [6, 6.07) is 0.449. The summed E-state index contributed by atoms with van der Waals surface area (Å²) in [5, 5.41) is 2.44. The molecular formula is C4H7NOS. The first-order valence-electron chi connectivity index (χ1n) is 2.28. The topological polar surface area (TPSA) is 29.1 Å². The highest BCUT2D eigenvalue weighted by atomic mass is 32.1. The summed E-state index contributed by atoms with van der Waals surface area (Å²) in [6.07, 6.45) is 2.26. The maximum Gasteiger partial charge on any atom is 0.276 e. The Morgan fingerprint density at radius 3 is 2.43 bits per heavy atom. The maximum absolute atomic E-state index is 10.0. The number of thiol groups is 1. The predicted octanol–water partition coefficient (Wildman–Crippen LogP) is 0.788. The van der Waals surface area contributed by atoms with E-state index < -0.39 is 0 Å². The third kappa shape index (κ3) is 1.83. The quantitative estimate of drug-likeness (QED) is 0.488. The molecule has 0 aromatic rings. The van der Waals surface area contributed by atoms with Crippen molar-refractivity contribution >= 4 is 17.9 Å². The van der Waals surface area contributed by atoms with E-state index in [9.17, 15) is 4.79 Å². The molecule has 0 heterocycles. The number of amides is 1. The van der Waals surface area contributed by atoms with Crippen LogP contribution in [0, 0.1) is 0 Å². The maximum atomic E-state index is 10.0. The van der Waals surface area contributed by atoms with Gasteiger partial charge < -0.3 is 5.32 Å². The summed E-state index contributed by atoms with van der Waals surface area (Å²) in [5.41, 5.74) is 0. The van der Waals surface area contributed by atoms with Gasteiger partial charge in [0.15, 0.2) is 0 Å². The summed E-state index contributed by atoms with van der Waals surface area (Å²) < 4.78 is 0. The molecule has 1 rings (SSSR count). The minimum atomic E-state index is -0.206. The lowest BCUT2D eigenvalue weighted by Crippen LogP contribution is -2.18. The first-order valence-corrected chi connectivity index (χ1v) is 2.73.